The first kappa shape index (κ1) is 17.7. The predicted octanol–water partition coefficient (Wildman–Crippen LogP) is 2.48. The van der Waals surface area contributed by atoms with E-state index in [4.69, 9.17) is 8.94 Å². The van der Waals surface area contributed by atoms with Crippen LogP contribution in [0.4, 0.5) is 0 Å². The van der Waals surface area contributed by atoms with Gasteiger partial charge < -0.3 is 18.7 Å². The number of hydrogen-bond acceptors (Lipinski definition) is 5. The van der Waals surface area contributed by atoms with Crippen LogP contribution in [0.15, 0.2) is 19.7 Å². The van der Waals surface area contributed by atoms with Crippen LogP contribution in [0.1, 0.15) is 33.1 Å². The molecule has 0 radical (unpaired) electrons. The van der Waals surface area contributed by atoms with Gasteiger partial charge in [0.15, 0.2) is 10.4 Å². The Morgan fingerprint density at radius 2 is 1.80 bits per heavy atom. The van der Waals surface area contributed by atoms with Crippen LogP contribution in [-0.4, -0.2) is 52.9 Å². The van der Waals surface area contributed by atoms with Crippen molar-refractivity contribution in [2.75, 3.05) is 26.2 Å². The van der Waals surface area contributed by atoms with E-state index in [2.05, 4.69) is 21.1 Å². The number of aryl methyl sites for hydroxylation is 3. The Labute approximate surface area is 154 Å². The third-order valence-electron chi connectivity index (χ3n) is 4.51. The highest BCUT2D eigenvalue weighted by Gasteiger charge is 2.28. The van der Waals surface area contributed by atoms with Crippen LogP contribution in [0.2, 0.25) is 0 Å². The van der Waals surface area contributed by atoms with Crippen LogP contribution < -0.4 is 0 Å². The summed E-state index contributed by atoms with van der Waals surface area (Å²) in [7, 11) is 0. The molecule has 2 aromatic rings. The number of nitrogens with zero attached hydrogens (tertiary/aromatic N) is 3. The average molecular weight is 410 g/mol. The lowest BCUT2D eigenvalue weighted by molar-refractivity contribution is -0.132. The molecule has 2 amide bonds. The largest absolute Gasteiger partial charge is 0.444 e. The molecule has 0 aliphatic carbocycles. The van der Waals surface area contributed by atoms with E-state index in [9.17, 15) is 9.59 Å². The Kier molecular flexibility index (Phi) is 4.99. The molecule has 0 N–H and O–H groups in total. The van der Waals surface area contributed by atoms with Crippen LogP contribution in [0.3, 0.4) is 0 Å². The molecule has 3 rings (SSSR count). The molecule has 8 heteroatoms. The van der Waals surface area contributed by atoms with Gasteiger partial charge in [-0.25, -0.2) is 0 Å². The lowest BCUT2D eigenvalue weighted by atomic mass is 10.1. The summed E-state index contributed by atoms with van der Waals surface area (Å²) >= 11 is 3.24. The number of furan rings is 1. The summed E-state index contributed by atoms with van der Waals surface area (Å²) < 4.78 is 11.1. The summed E-state index contributed by atoms with van der Waals surface area (Å²) in [4.78, 5) is 28.5. The Hall–Kier alpha value is -2.09. The molecule has 0 bridgehead atoms. The van der Waals surface area contributed by atoms with Gasteiger partial charge in [-0.3, -0.25) is 9.59 Å². The lowest BCUT2D eigenvalue weighted by Gasteiger charge is -2.34. The smallest absolute Gasteiger partial charge is 0.290 e. The fraction of sp³-hybridized carbons (Fsp3) is 0.471. The van der Waals surface area contributed by atoms with Crippen LogP contribution in [-0.2, 0) is 11.2 Å². The first-order valence-corrected chi connectivity index (χ1v) is 8.91. The zero-order valence-corrected chi connectivity index (χ0v) is 16.1. The monoisotopic (exact) mass is 409 g/mol. The number of aromatic nitrogens is 1. The van der Waals surface area contributed by atoms with Gasteiger partial charge in [0.25, 0.3) is 5.91 Å². The molecule has 1 saturated heterocycles. The number of carbonyl (C=O) groups excluding carboxylic acids is 2. The van der Waals surface area contributed by atoms with Crippen LogP contribution in [0.25, 0.3) is 0 Å². The topological polar surface area (TPSA) is 79.8 Å². The predicted molar refractivity (Wildman–Crippen MR) is 93.3 cm³/mol. The number of hydrogen-bond donors (Lipinski definition) is 0. The number of piperazine rings is 1. The molecule has 2 aromatic heterocycles. The second-order valence-corrected chi connectivity index (χ2v) is 7.00. The standard InChI is InChI=1S/C17H20BrN3O4/c1-10-8-14(18)24-16(10)17(23)21-6-4-20(5-7-21)15(22)9-13-11(2)19-25-12(13)3/h8H,4-7,9H2,1-3H3. The molecule has 0 atom stereocenters. The summed E-state index contributed by atoms with van der Waals surface area (Å²) in [5.74, 6) is 0.917. The van der Waals surface area contributed by atoms with Crippen molar-refractivity contribution in [1.82, 2.24) is 15.0 Å². The molecular weight excluding hydrogens is 390 g/mol. The van der Waals surface area contributed by atoms with Gasteiger partial charge in [0.05, 0.1) is 12.1 Å². The minimum atomic E-state index is -0.138. The highest BCUT2D eigenvalue weighted by Crippen LogP contribution is 2.22. The molecule has 3 heterocycles. The van der Waals surface area contributed by atoms with Gasteiger partial charge in [0, 0.05) is 37.3 Å². The highest BCUT2D eigenvalue weighted by molar-refractivity contribution is 9.10. The van der Waals surface area contributed by atoms with Crippen molar-refractivity contribution in [2.45, 2.75) is 27.2 Å². The SMILES string of the molecule is Cc1cc(Br)oc1C(=O)N1CCN(C(=O)Cc2c(C)noc2C)CC1. The van der Waals surface area contributed by atoms with Gasteiger partial charge in [0.2, 0.25) is 5.91 Å². The zero-order valence-electron chi connectivity index (χ0n) is 14.5. The summed E-state index contributed by atoms with van der Waals surface area (Å²) in [6, 6.07) is 1.77. The quantitative estimate of drug-likeness (QED) is 0.777. The van der Waals surface area contributed by atoms with Gasteiger partial charge in [0.1, 0.15) is 5.76 Å². The molecular formula is C17H20BrN3O4. The molecule has 0 saturated carbocycles. The summed E-state index contributed by atoms with van der Waals surface area (Å²) in [6.07, 6.45) is 0.277. The number of halogens is 1. The molecule has 1 aliphatic rings. The van der Waals surface area contributed by atoms with Crippen molar-refractivity contribution in [2.24, 2.45) is 0 Å². The fourth-order valence-electron chi connectivity index (χ4n) is 2.98. The van der Waals surface area contributed by atoms with E-state index in [0.29, 0.717) is 42.4 Å². The fourth-order valence-corrected chi connectivity index (χ4v) is 3.48. The van der Waals surface area contributed by atoms with Gasteiger partial charge >= 0.3 is 0 Å². The second kappa shape index (κ2) is 7.03. The van der Waals surface area contributed by atoms with Crippen molar-refractivity contribution in [3.63, 3.8) is 0 Å². The van der Waals surface area contributed by atoms with E-state index in [1.807, 2.05) is 20.8 Å². The molecule has 7 nitrogen and oxygen atoms in total. The Morgan fingerprint density at radius 3 is 2.32 bits per heavy atom. The Balaban J connectivity index is 1.59. The lowest BCUT2D eigenvalue weighted by Crippen LogP contribution is -2.51. The van der Waals surface area contributed by atoms with Crippen molar-refractivity contribution in [3.8, 4) is 0 Å². The van der Waals surface area contributed by atoms with Gasteiger partial charge in [-0.2, -0.15) is 0 Å². The van der Waals surface area contributed by atoms with Gasteiger partial charge in [-0.15, -0.1) is 0 Å². The Morgan fingerprint density at radius 1 is 1.16 bits per heavy atom. The van der Waals surface area contributed by atoms with E-state index < -0.39 is 0 Å². The first-order chi connectivity index (χ1) is 11.9. The van der Waals surface area contributed by atoms with Crippen molar-refractivity contribution >= 4 is 27.7 Å². The second-order valence-electron chi connectivity index (χ2n) is 6.22. The third-order valence-corrected chi connectivity index (χ3v) is 4.90. The van der Waals surface area contributed by atoms with Crippen LogP contribution in [0.5, 0.6) is 0 Å². The summed E-state index contributed by atoms with van der Waals surface area (Å²) in [5.41, 5.74) is 2.40. The maximum atomic E-state index is 12.5. The number of amides is 2. The molecule has 1 fully saturated rings. The maximum absolute atomic E-state index is 12.5. The van der Waals surface area contributed by atoms with E-state index in [-0.39, 0.29) is 18.2 Å². The molecule has 25 heavy (non-hydrogen) atoms. The van der Waals surface area contributed by atoms with Crippen molar-refractivity contribution < 1.29 is 18.5 Å². The van der Waals surface area contributed by atoms with Crippen molar-refractivity contribution in [3.05, 3.63) is 39.1 Å². The normalized spacial score (nSPS) is 14.9. The van der Waals surface area contributed by atoms with Gasteiger partial charge in [-0.1, -0.05) is 5.16 Å². The first-order valence-electron chi connectivity index (χ1n) is 8.11. The van der Waals surface area contributed by atoms with Crippen LogP contribution >= 0.6 is 15.9 Å². The number of rotatable bonds is 3. The minimum Gasteiger partial charge on any atom is -0.444 e. The number of carbonyl (C=O) groups is 2. The molecule has 1 aliphatic heterocycles. The summed E-state index contributed by atoms with van der Waals surface area (Å²) in [5, 5.41) is 3.88. The molecule has 0 spiro atoms. The van der Waals surface area contributed by atoms with E-state index >= 15 is 0 Å². The summed E-state index contributed by atoms with van der Waals surface area (Å²) in [6.45, 7) is 7.48. The van der Waals surface area contributed by atoms with E-state index in [0.717, 1.165) is 16.8 Å². The highest BCUT2D eigenvalue weighted by atomic mass is 79.9. The average Bonchev–Trinajstić information content (AvgIpc) is 3.09. The van der Waals surface area contributed by atoms with Gasteiger partial charge in [-0.05, 0) is 42.8 Å². The van der Waals surface area contributed by atoms with Crippen molar-refractivity contribution in [1.29, 1.82) is 0 Å². The van der Waals surface area contributed by atoms with E-state index in [1.54, 1.807) is 15.9 Å². The Bertz CT molecular complexity index is 783. The zero-order chi connectivity index (χ0) is 18.1. The van der Waals surface area contributed by atoms with Crippen LogP contribution in [0, 0.1) is 20.8 Å². The minimum absolute atomic E-state index is 0.0263. The van der Waals surface area contributed by atoms with E-state index in [1.165, 1.54) is 0 Å². The third kappa shape index (κ3) is 3.63. The molecule has 0 unspecified atom stereocenters. The maximum Gasteiger partial charge on any atom is 0.290 e. The molecule has 0 aromatic carbocycles. The molecule has 134 valence electrons.